The van der Waals surface area contributed by atoms with Crippen molar-refractivity contribution < 1.29 is 85.3 Å². The first-order valence-corrected chi connectivity index (χ1v) is 15.6. The van der Waals surface area contributed by atoms with Gasteiger partial charge >= 0.3 is 37.0 Å². The average Bonchev–Trinajstić information content (AvgIpc) is 3.69. The second-order valence-electron chi connectivity index (χ2n) is 10.7. The highest BCUT2D eigenvalue weighted by molar-refractivity contribution is 8.15. The van der Waals surface area contributed by atoms with Crippen molar-refractivity contribution in [1.29, 1.82) is 0 Å². The molecule has 1 aromatic heterocycles. The molecule has 2 heterocycles. The molecule has 1 aliphatic heterocycles. The number of carbonyl (C=O) groups excluding carboxylic acids is 2. The van der Waals surface area contributed by atoms with E-state index in [-0.39, 0.29) is 40.2 Å². The lowest BCUT2D eigenvalue weighted by Crippen LogP contribution is -2.38. The van der Waals surface area contributed by atoms with Gasteiger partial charge in [-0.05, 0) is 54.6 Å². The maximum absolute atomic E-state index is 14.5. The number of hydrogen-bond acceptors (Lipinski definition) is 8. The molecule has 26 heteroatoms. The second-order valence-corrected chi connectivity index (χ2v) is 11.7. The van der Waals surface area contributed by atoms with E-state index in [0.29, 0.717) is 17.8 Å². The number of halogens is 14. The molecule has 56 heavy (non-hydrogen) atoms. The summed E-state index contributed by atoms with van der Waals surface area (Å²) < 4.78 is 200. The Balaban J connectivity index is 1.33. The molecular weight excluding hydrogens is 822 g/mol. The summed E-state index contributed by atoms with van der Waals surface area (Å²) in [6.45, 7) is -1.09. The van der Waals surface area contributed by atoms with Crippen molar-refractivity contribution in [3.8, 4) is 34.3 Å². The number of nitrogens with one attached hydrogen (secondary N) is 1. The lowest BCUT2D eigenvalue weighted by molar-refractivity contribution is -0.289. The van der Waals surface area contributed by atoms with Crippen LogP contribution in [0.15, 0.2) is 72.0 Å². The zero-order valence-corrected chi connectivity index (χ0v) is 27.6. The van der Waals surface area contributed by atoms with E-state index in [1.165, 1.54) is 0 Å². The molecule has 1 fully saturated rings. The fourth-order valence-electron chi connectivity index (χ4n) is 4.63. The third-order valence-corrected chi connectivity index (χ3v) is 7.84. The highest BCUT2D eigenvalue weighted by Gasteiger charge is 2.60. The highest BCUT2D eigenvalue weighted by atomic mass is 32.2. The number of carbonyl (C=O) groups is 2. The average molecular weight is 839 g/mol. The zero-order chi connectivity index (χ0) is 41.4. The number of hydrogen-bond donors (Lipinski definition) is 1. The molecule has 11 nitrogen and oxygen atoms in total. The van der Waals surface area contributed by atoms with Crippen molar-refractivity contribution in [2.75, 3.05) is 17.4 Å². The molecule has 0 spiro atoms. The minimum absolute atomic E-state index is 0.0105. The van der Waals surface area contributed by atoms with Crippen LogP contribution in [0.2, 0.25) is 0 Å². The lowest BCUT2D eigenvalue weighted by atomic mass is 10.0. The molecule has 0 saturated carbocycles. The molecule has 3 amide bonds. The topological polar surface area (TPSA) is 120 Å². The zero-order valence-electron chi connectivity index (χ0n) is 26.7. The van der Waals surface area contributed by atoms with E-state index in [1.807, 2.05) is 5.32 Å². The number of aromatic nitrogens is 3. The van der Waals surface area contributed by atoms with Gasteiger partial charge in [0.15, 0.2) is 17.7 Å². The summed E-state index contributed by atoms with van der Waals surface area (Å²) in [7, 11) is 0. The minimum Gasteiger partial charge on any atom is -0.473 e. The molecule has 0 aliphatic carbocycles. The van der Waals surface area contributed by atoms with Gasteiger partial charge in [0.25, 0.3) is 0 Å². The molecule has 1 N–H and O–H groups in total. The molecule has 0 bridgehead atoms. The third kappa shape index (κ3) is 9.69. The molecule has 1 saturated heterocycles. The lowest BCUT2D eigenvalue weighted by Gasteiger charge is -2.26. The van der Waals surface area contributed by atoms with Gasteiger partial charge in [0, 0.05) is 11.6 Å². The van der Waals surface area contributed by atoms with E-state index in [9.17, 15) is 71.1 Å². The van der Waals surface area contributed by atoms with Gasteiger partial charge in [-0.15, -0.1) is 31.4 Å². The summed E-state index contributed by atoms with van der Waals surface area (Å²) in [5, 5.41) is 4.95. The highest BCUT2D eigenvalue weighted by Crippen LogP contribution is 2.49. The van der Waals surface area contributed by atoms with Crippen molar-refractivity contribution in [2.24, 2.45) is 4.99 Å². The van der Waals surface area contributed by atoms with Crippen molar-refractivity contribution in [1.82, 2.24) is 20.1 Å². The SMILES string of the molecule is O=C(N=C1SCC(=O)N1c1cc(OC(F)(F)F)ccc1C(F)(F)C(F)(F)F)NCOc1ccc(-c2ncn(-c3ccc(OC(F)(F)F)cc3)n2)cc1C(F)(F)F. The smallest absolute Gasteiger partial charge is 0.473 e. The van der Waals surface area contributed by atoms with Gasteiger partial charge in [-0.3, -0.25) is 9.69 Å². The van der Waals surface area contributed by atoms with Crippen molar-refractivity contribution in [2.45, 2.75) is 31.0 Å². The summed E-state index contributed by atoms with van der Waals surface area (Å²) in [5.74, 6) is -10.8. The van der Waals surface area contributed by atoms with E-state index in [4.69, 9.17) is 4.74 Å². The number of thioether (sulfide) groups is 1. The van der Waals surface area contributed by atoms with Gasteiger partial charge in [-0.2, -0.15) is 40.1 Å². The number of ether oxygens (including phenoxy) is 3. The number of benzene rings is 3. The van der Waals surface area contributed by atoms with E-state index >= 15 is 0 Å². The molecule has 0 unspecified atom stereocenters. The van der Waals surface area contributed by atoms with Gasteiger partial charge in [0.1, 0.15) is 23.6 Å². The summed E-state index contributed by atoms with van der Waals surface area (Å²) in [6.07, 6.45) is -20.8. The van der Waals surface area contributed by atoms with Crippen molar-refractivity contribution in [3.63, 3.8) is 0 Å². The minimum atomic E-state index is -6.31. The van der Waals surface area contributed by atoms with Crippen LogP contribution in [0.25, 0.3) is 17.1 Å². The molecule has 1 aliphatic rings. The second kappa shape index (κ2) is 15.0. The standard InChI is InChI=1S/C30H16F14N6O5S/c31-26(32,28(36,37)38)18-7-6-17(55-30(42,43)44)10-20(18)50-22(51)11-56-25(50)47-24(52)46-13-53-21-8-1-14(9-19(21)27(33,34)35)23-45-12-49(48-23)15-2-4-16(5-3-15)54-29(39,40)41/h1-10,12H,11,13H2,(H,46,52). The summed E-state index contributed by atoms with van der Waals surface area (Å²) in [5.41, 5.74) is -4.98. The number of anilines is 1. The maximum Gasteiger partial charge on any atom is 0.573 e. The Morgan fingerprint density at radius 1 is 0.804 bits per heavy atom. The van der Waals surface area contributed by atoms with Crippen LogP contribution in [-0.4, -0.2) is 63.3 Å². The molecule has 5 rings (SSSR count). The van der Waals surface area contributed by atoms with Crippen LogP contribution in [0.3, 0.4) is 0 Å². The number of urea groups is 1. The Morgan fingerprint density at radius 2 is 1.43 bits per heavy atom. The van der Waals surface area contributed by atoms with Gasteiger partial charge in [-0.1, -0.05) is 11.8 Å². The van der Waals surface area contributed by atoms with E-state index in [2.05, 4.69) is 24.5 Å². The van der Waals surface area contributed by atoms with Crippen LogP contribution < -0.4 is 24.4 Å². The Bertz CT molecular complexity index is 2130. The first-order valence-electron chi connectivity index (χ1n) is 14.6. The predicted molar refractivity (Wildman–Crippen MR) is 163 cm³/mol. The fraction of sp³-hybridized carbons (Fsp3) is 0.233. The van der Waals surface area contributed by atoms with Gasteiger partial charge < -0.3 is 19.5 Å². The van der Waals surface area contributed by atoms with Crippen LogP contribution in [0.4, 0.5) is 71.9 Å². The van der Waals surface area contributed by atoms with Gasteiger partial charge in [-0.25, -0.2) is 14.5 Å². The van der Waals surface area contributed by atoms with Crippen LogP contribution in [-0.2, 0) is 16.9 Å². The van der Waals surface area contributed by atoms with Crippen molar-refractivity contribution in [3.05, 3.63) is 78.1 Å². The Labute approximate surface area is 305 Å². The summed E-state index contributed by atoms with van der Waals surface area (Å²) in [4.78, 5) is 32.4. The Kier molecular flexibility index (Phi) is 11.1. The number of amidine groups is 1. The van der Waals surface area contributed by atoms with E-state index < -0.39 is 94.7 Å². The van der Waals surface area contributed by atoms with Crippen molar-refractivity contribution >= 4 is 34.6 Å². The van der Waals surface area contributed by atoms with Gasteiger partial charge in [0.05, 0.1) is 28.3 Å². The monoisotopic (exact) mass is 838 g/mol. The number of amides is 3. The predicted octanol–water partition coefficient (Wildman–Crippen LogP) is 8.59. The maximum atomic E-state index is 14.5. The largest absolute Gasteiger partial charge is 0.573 e. The van der Waals surface area contributed by atoms with Crippen LogP contribution in [0.5, 0.6) is 17.2 Å². The van der Waals surface area contributed by atoms with E-state index in [1.54, 1.807) is 0 Å². The molecule has 300 valence electrons. The summed E-state index contributed by atoms with van der Waals surface area (Å²) in [6, 6.07) is 5.20. The fourth-order valence-corrected chi connectivity index (χ4v) is 5.49. The number of aliphatic imine (C=N–C) groups is 1. The number of alkyl halides is 14. The molecule has 0 radical (unpaired) electrons. The Morgan fingerprint density at radius 3 is 2.04 bits per heavy atom. The summed E-state index contributed by atoms with van der Waals surface area (Å²) >= 11 is 0.292. The Hall–Kier alpha value is -5.82. The molecule has 3 aromatic carbocycles. The molecule has 0 atom stereocenters. The molecule has 4 aromatic rings. The molecular formula is C30H16F14N6O5S. The van der Waals surface area contributed by atoms with Gasteiger partial charge in [0.2, 0.25) is 5.91 Å². The van der Waals surface area contributed by atoms with E-state index in [0.717, 1.165) is 47.4 Å². The van der Waals surface area contributed by atoms with Crippen LogP contribution in [0.1, 0.15) is 11.1 Å². The third-order valence-electron chi connectivity index (χ3n) is 6.92. The first-order chi connectivity index (χ1) is 25.8. The first kappa shape index (κ1) is 41.3. The normalized spacial score (nSPS) is 15.0. The van der Waals surface area contributed by atoms with Crippen LogP contribution >= 0.6 is 11.8 Å². The van der Waals surface area contributed by atoms with Crippen LogP contribution in [0, 0.1) is 0 Å². The number of nitrogens with zero attached hydrogens (tertiary/aromatic N) is 5. The number of rotatable bonds is 9. The quantitative estimate of drug-likeness (QED) is 0.132.